The third kappa shape index (κ3) is 6.43. The van der Waals surface area contributed by atoms with Gasteiger partial charge in [-0.15, -0.1) is 0 Å². The number of piperidine rings is 1. The first kappa shape index (κ1) is 23.1. The Labute approximate surface area is 167 Å². The van der Waals surface area contributed by atoms with Crippen molar-refractivity contribution in [2.45, 2.75) is 30.8 Å². The molecule has 0 saturated carbocycles. The predicted octanol–water partition coefficient (Wildman–Crippen LogP) is 2.04. The van der Waals surface area contributed by atoms with Crippen molar-refractivity contribution in [3.8, 4) is 0 Å². The SMILES string of the molecule is CCOC(=O)CN(CC(F)(F)F)C(=O)C1CCN(S(=O)(=O)c2ccccc2)CC1. The van der Waals surface area contributed by atoms with Crippen LogP contribution in [0.3, 0.4) is 0 Å². The Balaban J connectivity index is 2.05. The van der Waals surface area contributed by atoms with Crippen molar-refractivity contribution in [2.24, 2.45) is 5.92 Å². The van der Waals surface area contributed by atoms with Gasteiger partial charge in [0.1, 0.15) is 13.1 Å². The number of halogens is 3. The second-order valence-electron chi connectivity index (χ2n) is 6.61. The summed E-state index contributed by atoms with van der Waals surface area (Å²) in [5, 5.41) is 0. The fraction of sp³-hybridized carbons (Fsp3) is 0.556. The number of rotatable bonds is 7. The van der Waals surface area contributed by atoms with E-state index in [4.69, 9.17) is 0 Å². The lowest BCUT2D eigenvalue weighted by molar-refractivity contribution is -0.169. The molecule has 7 nitrogen and oxygen atoms in total. The first-order valence-electron chi connectivity index (χ1n) is 9.11. The molecule has 0 bridgehead atoms. The number of hydrogen-bond donors (Lipinski definition) is 0. The number of hydrogen-bond acceptors (Lipinski definition) is 5. The minimum atomic E-state index is -4.67. The van der Waals surface area contributed by atoms with Gasteiger partial charge >= 0.3 is 12.1 Å². The van der Waals surface area contributed by atoms with Crippen molar-refractivity contribution in [3.05, 3.63) is 30.3 Å². The Morgan fingerprint density at radius 3 is 2.28 bits per heavy atom. The van der Waals surface area contributed by atoms with Crippen molar-refractivity contribution in [2.75, 3.05) is 32.8 Å². The molecular formula is C18H23F3N2O5S. The monoisotopic (exact) mass is 436 g/mol. The molecule has 2 rings (SSSR count). The van der Waals surface area contributed by atoms with Gasteiger partial charge in [0.25, 0.3) is 0 Å². The van der Waals surface area contributed by atoms with Gasteiger partial charge in [0.05, 0.1) is 11.5 Å². The maximum Gasteiger partial charge on any atom is 0.406 e. The van der Waals surface area contributed by atoms with Gasteiger partial charge in [-0.25, -0.2) is 8.42 Å². The van der Waals surface area contributed by atoms with Crippen LogP contribution >= 0.6 is 0 Å². The molecule has 0 unspecified atom stereocenters. The summed E-state index contributed by atoms with van der Waals surface area (Å²) in [6, 6.07) is 7.78. The van der Waals surface area contributed by atoms with E-state index in [2.05, 4.69) is 4.74 Å². The first-order chi connectivity index (χ1) is 13.5. The average molecular weight is 436 g/mol. The van der Waals surface area contributed by atoms with Gasteiger partial charge in [-0.05, 0) is 31.9 Å². The fourth-order valence-electron chi connectivity index (χ4n) is 3.13. The summed E-state index contributed by atoms with van der Waals surface area (Å²) < 4.78 is 69.6. The van der Waals surface area contributed by atoms with E-state index >= 15 is 0 Å². The minimum Gasteiger partial charge on any atom is -0.465 e. The average Bonchev–Trinajstić information content (AvgIpc) is 2.67. The highest BCUT2D eigenvalue weighted by Crippen LogP contribution is 2.26. The molecule has 1 aliphatic rings. The van der Waals surface area contributed by atoms with Crippen LogP contribution in [0.15, 0.2) is 35.2 Å². The number of carbonyl (C=O) groups excluding carboxylic acids is 2. The van der Waals surface area contributed by atoms with Gasteiger partial charge in [0.15, 0.2) is 0 Å². The maximum absolute atomic E-state index is 12.8. The molecule has 11 heteroatoms. The summed E-state index contributed by atoms with van der Waals surface area (Å²) in [5.74, 6) is -2.55. The van der Waals surface area contributed by atoms with E-state index in [-0.39, 0.29) is 37.4 Å². The van der Waals surface area contributed by atoms with Crippen molar-refractivity contribution < 1.29 is 35.9 Å². The standard InChI is InChI=1S/C18H23F3N2O5S/c1-2-28-16(24)12-22(13-18(19,20)21)17(25)14-8-10-23(11-9-14)29(26,27)15-6-4-3-5-7-15/h3-7,14H,2,8-13H2,1H3. The smallest absolute Gasteiger partial charge is 0.406 e. The highest BCUT2D eigenvalue weighted by atomic mass is 32.2. The second kappa shape index (κ2) is 9.57. The van der Waals surface area contributed by atoms with Gasteiger partial charge < -0.3 is 9.64 Å². The second-order valence-corrected chi connectivity index (χ2v) is 8.54. The predicted molar refractivity (Wildman–Crippen MR) is 97.2 cm³/mol. The van der Waals surface area contributed by atoms with Gasteiger partial charge in [-0.2, -0.15) is 17.5 Å². The van der Waals surface area contributed by atoms with E-state index in [0.717, 1.165) is 0 Å². The minimum absolute atomic E-state index is 0.00684. The van der Waals surface area contributed by atoms with E-state index in [1.165, 1.54) is 23.4 Å². The van der Waals surface area contributed by atoms with E-state index in [1.807, 2.05) is 0 Å². The fourth-order valence-corrected chi connectivity index (χ4v) is 4.62. The van der Waals surface area contributed by atoms with Crippen molar-refractivity contribution in [1.82, 2.24) is 9.21 Å². The van der Waals surface area contributed by atoms with Gasteiger partial charge in [-0.3, -0.25) is 9.59 Å². The van der Waals surface area contributed by atoms with Crippen LogP contribution in [0.4, 0.5) is 13.2 Å². The highest BCUT2D eigenvalue weighted by Gasteiger charge is 2.39. The van der Waals surface area contributed by atoms with Crippen LogP contribution in [0.1, 0.15) is 19.8 Å². The summed E-state index contributed by atoms with van der Waals surface area (Å²) in [4.78, 5) is 24.7. The normalized spacial score (nSPS) is 16.4. The number of amides is 1. The summed E-state index contributed by atoms with van der Waals surface area (Å²) in [6.07, 6.45) is -4.52. The molecule has 0 aliphatic carbocycles. The lowest BCUT2D eigenvalue weighted by Crippen LogP contribution is -2.48. The lowest BCUT2D eigenvalue weighted by Gasteiger charge is -2.33. The van der Waals surface area contributed by atoms with E-state index in [1.54, 1.807) is 18.2 Å². The molecule has 0 spiro atoms. The molecule has 1 aromatic rings. The van der Waals surface area contributed by atoms with Crippen LogP contribution < -0.4 is 0 Å². The molecule has 1 saturated heterocycles. The molecule has 29 heavy (non-hydrogen) atoms. The molecule has 0 atom stereocenters. The molecule has 1 amide bonds. The molecule has 0 radical (unpaired) electrons. The number of carbonyl (C=O) groups is 2. The van der Waals surface area contributed by atoms with Gasteiger partial charge in [0, 0.05) is 19.0 Å². The molecule has 1 heterocycles. The summed E-state index contributed by atoms with van der Waals surface area (Å²) in [6.45, 7) is -0.846. The number of sulfonamides is 1. The van der Waals surface area contributed by atoms with E-state index in [0.29, 0.717) is 4.90 Å². The Morgan fingerprint density at radius 2 is 1.76 bits per heavy atom. The van der Waals surface area contributed by atoms with Crippen LogP contribution in [-0.2, 0) is 24.3 Å². The Morgan fingerprint density at radius 1 is 1.17 bits per heavy atom. The molecule has 162 valence electrons. The van der Waals surface area contributed by atoms with E-state index in [9.17, 15) is 31.2 Å². The van der Waals surface area contributed by atoms with E-state index < -0.39 is 47.1 Å². The molecule has 1 fully saturated rings. The summed E-state index contributed by atoms with van der Waals surface area (Å²) >= 11 is 0. The van der Waals surface area contributed by atoms with Crippen LogP contribution in [-0.4, -0.2) is 68.5 Å². The molecule has 1 aliphatic heterocycles. The first-order valence-corrected chi connectivity index (χ1v) is 10.5. The summed E-state index contributed by atoms with van der Waals surface area (Å²) in [7, 11) is -3.73. The number of ether oxygens (including phenoxy) is 1. The number of esters is 1. The highest BCUT2D eigenvalue weighted by molar-refractivity contribution is 7.89. The number of nitrogens with zero attached hydrogens (tertiary/aromatic N) is 2. The molecule has 1 aromatic carbocycles. The van der Waals surface area contributed by atoms with Crippen LogP contribution in [0.5, 0.6) is 0 Å². The van der Waals surface area contributed by atoms with Gasteiger partial charge in [-0.1, -0.05) is 18.2 Å². The quantitative estimate of drug-likeness (QED) is 0.611. The third-order valence-electron chi connectivity index (χ3n) is 4.49. The van der Waals surface area contributed by atoms with Crippen molar-refractivity contribution in [3.63, 3.8) is 0 Å². The molecule has 0 aromatic heterocycles. The Bertz CT molecular complexity index is 807. The Hall–Kier alpha value is -2.14. The third-order valence-corrected chi connectivity index (χ3v) is 6.40. The number of benzene rings is 1. The zero-order valence-electron chi connectivity index (χ0n) is 15.9. The van der Waals surface area contributed by atoms with Crippen molar-refractivity contribution in [1.29, 1.82) is 0 Å². The topological polar surface area (TPSA) is 84.0 Å². The van der Waals surface area contributed by atoms with Gasteiger partial charge in [0.2, 0.25) is 15.9 Å². The number of alkyl halides is 3. The lowest BCUT2D eigenvalue weighted by atomic mass is 9.96. The largest absolute Gasteiger partial charge is 0.465 e. The van der Waals surface area contributed by atoms with Crippen LogP contribution in [0, 0.1) is 5.92 Å². The van der Waals surface area contributed by atoms with Crippen LogP contribution in [0.25, 0.3) is 0 Å². The molecule has 0 N–H and O–H groups in total. The summed E-state index contributed by atoms with van der Waals surface area (Å²) in [5.41, 5.74) is 0. The van der Waals surface area contributed by atoms with Crippen LogP contribution in [0.2, 0.25) is 0 Å². The maximum atomic E-state index is 12.8. The zero-order chi connectivity index (χ0) is 21.7. The molecular weight excluding hydrogens is 413 g/mol. The zero-order valence-corrected chi connectivity index (χ0v) is 16.7. The van der Waals surface area contributed by atoms with Crippen molar-refractivity contribution >= 4 is 21.9 Å². The Kier molecular flexibility index (Phi) is 7.64.